The Labute approximate surface area is 628 Å². The van der Waals surface area contributed by atoms with Crippen LogP contribution in [0.1, 0.15) is 272 Å². The summed E-state index contributed by atoms with van der Waals surface area (Å²) in [6.45, 7) is 4.28. The number of esters is 4. The average molecular weight is 1490 g/mol. The van der Waals surface area contributed by atoms with Gasteiger partial charge in [-0.25, -0.2) is 9.13 Å². The molecule has 588 valence electrons. The fourth-order valence-electron chi connectivity index (χ4n) is 9.53. The molecule has 0 rings (SSSR count). The van der Waals surface area contributed by atoms with E-state index >= 15 is 0 Å². The zero-order valence-electron chi connectivity index (χ0n) is 64.1. The van der Waals surface area contributed by atoms with Crippen LogP contribution in [0.3, 0.4) is 0 Å². The van der Waals surface area contributed by atoms with Gasteiger partial charge in [0, 0.05) is 19.3 Å². The molecule has 0 aliphatic carbocycles. The van der Waals surface area contributed by atoms with E-state index in [-0.39, 0.29) is 25.7 Å². The molecule has 0 aromatic carbocycles. The molecule has 5 atom stereocenters. The van der Waals surface area contributed by atoms with E-state index in [0.29, 0.717) is 25.7 Å². The van der Waals surface area contributed by atoms with Gasteiger partial charge in [0.15, 0.2) is 12.2 Å². The summed E-state index contributed by atoms with van der Waals surface area (Å²) >= 11 is 0. The molecule has 0 radical (unpaired) electrons. The van der Waals surface area contributed by atoms with Crippen LogP contribution in [0, 0.1) is 0 Å². The lowest BCUT2D eigenvalue weighted by molar-refractivity contribution is -0.161. The molecule has 0 saturated heterocycles. The Bertz CT molecular complexity index is 2690. The van der Waals surface area contributed by atoms with E-state index < -0.39 is 97.5 Å². The van der Waals surface area contributed by atoms with Crippen LogP contribution in [0.25, 0.3) is 0 Å². The fourth-order valence-corrected chi connectivity index (χ4v) is 11.1. The highest BCUT2D eigenvalue weighted by Gasteiger charge is 2.30. The topological polar surface area (TPSA) is 237 Å². The summed E-state index contributed by atoms with van der Waals surface area (Å²) < 4.78 is 68.3. The zero-order valence-corrected chi connectivity index (χ0v) is 65.9. The molecule has 0 saturated carbocycles. The van der Waals surface area contributed by atoms with E-state index in [0.717, 1.165) is 180 Å². The minimum absolute atomic E-state index is 0.0715. The summed E-state index contributed by atoms with van der Waals surface area (Å²) in [5, 5.41) is 10.6. The minimum Gasteiger partial charge on any atom is -0.462 e. The van der Waals surface area contributed by atoms with E-state index in [1.54, 1.807) is 12.2 Å². The monoisotopic (exact) mass is 1490 g/mol. The molecule has 0 amide bonds. The number of phosphoric acid groups is 2. The van der Waals surface area contributed by atoms with Crippen molar-refractivity contribution < 1.29 is 80.2 Å². The molecule has 0 aliphatic rings. The largest absolute Gasteiger partial charge is 0.472 e. The van der Waals surface area contributed by atoms with Gasteiger partial charge in [0.25, 0.3) is 0 Å². The number of carbonyl (C=O) groups is 4. The molecule has 17 nitrogen and oxygen atoms in total. The first-order valence-corrected chi connectivity index (χ1v) is 42.0. The van der Waals surface area contributed by atoms with Crippen LogP contribution in [0.2, 0.25) is 0 Å². The van der Waals surface area contributed by atoms with Gasteiger partial charge in [-0.2, -0.15) is 0 Å². The van der Waals surface area contributed by atoms with Crippen molar-refractivity contribution in [3.8, 4) is 0 Å². The Morgan fingerprint density at radius 2 is 0.538 bits per heavy atom. The van der Waals surface area contributed by atoms with Gasteiger partial charge < -0.3 is 33.8 Å². The minimum atomic E-state index is -5.02. The Morgan fingerprint density at radius 1 is 0.288 bits per heavy atom. The van der Waals surface area contributed by atoms with E-state index in [1.807, 2.05) is 12.2 Å². The van der Waals surface area contributed by atoms with Crippen molar-refractivity contribution in [3.63, 3.8) is 0 Å². The normalized spacial score (nSPS) is 14.9. The number of carbonyl (C=O) groups excluding carboxylic acids is 4. The fraction of sp³-hybridized carbons (Fsp3) is 0.600. The van der Waals surface area contributed by atoms with Gasteiger partial charge in [0.05, 0.1) is 32.8 Å². The van der Waals surface area contributed by atoms with E-state index in [9.17, 15) is 43.2 Å². The molecule has 0 aromatic heterocycles. The van der Waals surface area contributed by atoms with E-state index in [2.05, 4.69) is 186 Å². The van der Waals surface area contributed by atoms with E-state index in [1.165, 1.54) is 12.8 Å². The van der Waals surface area contributed by atoms with Crippen LogP contribution >= 0.6 is 15.6 Å². The molecule has 0 aromatic rings. The first-order valence-electron chi connectivity index (χ1n) is 39.0. The van der Waals surface area contributed by atoms with Crippen molar-refractivity contribution in [2.45, 2.75) is 290 Å². The lowest BCUT2D eigenvalue weighted by Gasteiger charge is -2.21. The highest BCUT2D eigenvalue weighted by Crippen LogP contribution is 2.45. The number of aliphatic hydroxyl groups is 1. The van der Waals surface area contributed by atoms with E-state index in [4.69, 9.17) is 37.0 Å². The van der Waals surface area contributed by atoms with Crippen LogP contribution in [0.5, 0.6) is 0 Å². The second kappa shape index (κ2) is 75.4. The number of hydrogen-bond acceptors (Lipinski definition) is 15. The lowest BCUT2D eigenvalue weighted by atomic mass is 10.1. The highest BCUT2D eigenvalue weighted by atomic mass is 31.2. The summed E-state index contributed by atoms with van der Waals surface area (Å²) in [4.78, 5) is 72.9. The summed E-state index contributed by atoms with van der Waals surface area (Å²) in [7, 11) is -10.0. The van der Waals surface area contributed by atoms with Gasteiger partial charge in [0.2, 0.25) is 0 Å². The third-order valence-electron chi connectivity index (χ3n) is 15.4. The molecular formula is C85H136O17P2. The van der Waals surface area contributed by atoms with Crippen molar-refractivity contribution in [1.29, 1.82) is 0 Å². The maximum Gasteiger partial charge on any atom is 0.472 e. The second-order valence-electron chi connectivity index (χ2n) is 25.2. The quantitative estimate of drug-likeness (QED) is 0.0169. The number of phosphoric ester groups is 2. The highest BCUT2D eigenvalue weighted by molar-refractivity contribution is 7.47. The standard InChI is InChI=1S/C85H136O17P2/c1-5-9-13-17-21-25-29-32-35-37-39-41-44-46-50-53-57-61-65-69-82(87)95-75-80(101-84(89)71-67-63-59-55-49-28-24-20-16-12-8-4)77-99-103(91,92)97-73-79(86)74-98-104(93,94)100-78-81(102-85(90)72-68-64-60-56-52-48-43-34-31-27-23-19-15-11-7-3)76-96-83(88)70-66-62-58-54-51-47-45-42-40-38-36-33-30-26-22-18-14-10-6-2/h9-11,13-15,20-27,32-36,39-43,47,51-52,56,64,68,79-81,86H,5-8,12,16-19,28-31,37-38,44-46,48-50,53-55,57-63,65-67,69-78H2,1-4H3,(H,91,92)(H,93,94)/b13-9-,14-10-,15-11-,24-20-,25-21-,26-22-,27-23-,35-32-,36-33-,41-39-,42-40-,43-34-,51-47-,56-52-,68-64-. The third kappa shape index (κ3) is 74.4. The van der Waals surface area contributed by atoms with Crippen molar-refractivity contribution in [2.75, 3.05) is 39.6 Å². The van der Waals surface area contributed by atoms with Gasteiger partial charge in [-0.15, -0.1) is 0 Å². The SMILES string of the molecule is CC/C=C\C/C=C\C/C=C\C/C=C\C/C=C\CCCCCC(=O)OCC(COP(=O)(O)OCC(O)COP(=O)(O)OCC(COC(=O)CCCCCCCC/C=C\C/C=C\C/C=C\C/C=C\CC)OC(=O)CCCCCCC/C=C\CCCC)OC(=O)C/C=C\C/C=C\C/C=C\C/C=C\C/C=C\CC. The number of unbranched alkanes of at least 4 members (excludes halogenated alkanes) is 16. The van der Waals surface area contributed by atoms with Crippen molar-refractivity contribution >= 4 is 39.5 Å². The van der Waals surface area contributed by atoms with Crippen LogP contribution < -0.4 is 0 Å². The Morgan fingerprint density at radius 3 is 0.875 bits per heavy atom. The summed E-state index contributed by atoms with van der Waals surface area (Å²) in [5.41, 5.74) is 0. The Hall–Kier alpha value is -5.84. The first-order chi connectivity index (χ1) is 50.7. The third-order valence-corrected chi connectivity index (χ3v) is 17.3. The van der Waals surface area contributed by atoms with Crippen LogP contribution in [0.15, 0.2) is 182 Å². The maximum atomic E-state index is 13.1. The molecule has 104 heavy (non-hydrogen) atoms. The molecule has 19 heteroatoms. The number of allylic oxidation sites excluding steroid dienone is 29. The number of ether oxygens (including phenoxy) is 4. The number of rotatable bonds is 71. The first kappa shape index (κ1) is 98.2. The maximum absolute atomic E-state index is 13.1. The molecule has 0 aliphatic heterocycles. The van der Waals surface area contributed by atoms with Gasteiger partial charge in [-0.05, 0) is 154 Å². The molecule has 0 spiro atoms. The van der Waals surface area contributed by atoms with Crippen molar-refractivity contribution in [2.24, 2.45) is 0 Å². The van der Waals surface area contributed by atoms with Gasteiger partial charge >= 0.3 is 39.5 Å². The summed E-state index contributed by atoms with van der Waals surface area (Å²) in [6.07, 6.45) is 90.6. The Kier molecular flexibility index (Phi) is 71.2. The van der Waals surface area contributed by atoms with Gasteiger partial charge in [-0.1, -0.05) is 274 Å². The molecule has 5 unspecified atom stereocenters. The predicted molar refractivity (Wildman–Crippen MR) is 426 cm³/mol. The van der Waals surface area contributed by atoms with Crippen molar-refractivity contribution in [1.82, 2.24) is 0 Å². The smallest absolute Gasteiger partial charge is 0.462 e. The molecule has 3 N–H and O–H groups in total. The predicted octanol–water partition coefficient (Wildman–Crippen LogP) is 22.8. The molecule has 0 heterocycles. The summed E-state index contributed by atoms with van der Waals surface area (Å²) in [6, 6.07) is 0. The van der Waals surface area contributed by atoms with Crippen molar-refractivity contribution in [3.05, 3.63) is 182 Å². The molecule has 0 fully saturated rings. The number of hydrogen-bond donors (Lipinski definition) is 3. The van der Waals surface area contributed by atoms with Gasteiger partial charge in [-0.3, -0.25) is 37.3 Å². The number of aliphatic hydroxyl groups excluding tert-OH is 1. The average Bonchev–Trinajstić information content (AvgIpc) is 0.929. The Balaban J connectivity index is 5.44. The second-order valence-corrected chi connectivity index (χ2v) is 28.1. The lowest BCUT2D eigenvalue weighted by Crippen LogP contribution is -2.30. The summed E-state index contributed by atoms with van der Waals surface area (Å²) in [5.74, 6) is -2.40. The molecule has 0 bridgehead atoms. The van der Waals surface area contributed by atoms with Gasteiger partial charge in [0.1, 0.15) is 19.3 Å². The van der Waals surface area contributed by atoms with Crippen LogP contribution in [-0.4, -0.2) is 96.7 Å². The zero-order chi connectivity index (χ0) is 76.0. The van der Waals surface area contributed by atoms with Crippen LogP contribution in [0.4, 0.5) is 0 Å². The van der Waals surface area contributed by atoms with Crippen LogP contribution in [-0.2, 0) is 65.4 Å². The molecular weight excluding hydrogens is 1350 g/mol.